The summed E-state index contributed by atoms with van der Waals surface area (Å²) >= 11 is 0. The molecule has 0 saturated heterocycles. The Balaban J connectivity index is 1.81. The summed E-state index contributed by atoms with van der Waals surface area (Å²) in [4.78, 5) is 23.9. The van der Waals surface area contributed by atoms with Gasteiger partial charge in [0.25, 0.3) is 11.8 Å². The first kappa shape index (κ1) is 17.7. The fourth-order valence-corrected chi connectivity index (χ4v) is 2.17. The minimum atomic E-state index is -0.411. The normalized spacial score (nSPS) is 10.3. The third-order valence-electron chi connectivity index (χ3n) is 3.90. The Labute approximate surface area is 141 Å². The van der Waals surface area contributed by atoms with Gasteiger partial charge in [0.1, 0.15) is 5.82 Å². The number of benzene rings is 2. The molecule has 0 unspecified atom stereocenters. The molecule has 0 bridgehead atoms. The summed E-state index contributed by atoms with van der Waals surface area (Å²) in [5.41, 5.74) is 3.53. The van der Waals surface area contributed by atoms with Gasteiger partial charge in [-0.05, 0) is 61.7 Å². The van der Waals surface area contributed by atoms with Crippen LogP contribution in [-0.4, -0.2) is 24.9 Å². The number of nitrogens with one attached hydrogen (secondary N) is 2. The van der Waals surface area contributed by atoms with Gasteiger partial charge in [-0.2, -0.15) is 0 Å². The number of amides is 2. The molecule has 0 aromatic heterocycles. The van der Waals surface area contributed by atoms with Crippen LogP contribution in [0.1, 0.15) is 37.4 Å². The van der Waals surface area contributed by atoms with Gasteiger partial charge in [0, 0.05) is 24.2 Å². The number of carbonyl (C=O) groups excluding carboxylic acids is 2. The predicted octanol–water partition coefficient (Wildman–Crippen LogP) is 2.91. The van der Waals surface area contributed by atoms with Crippen molar-refractivity contribution in [3.63, 3.8) is 0 Å². The largest absolute Gasteiger partial charge is 0.350 e. The standard InChI is InChI=1S/C19H21FN2O2/c1-12-4-6-15(10-14(12)3)18(23)21-8-9-22-19(24)16-7-5-13(2)17(20)11-16/h4-7,10-11H,8-9H2,1-3H3,(H,21,23)(H,22,24). The van der Waals surface area contributed by atoms with Crippen molar-refractivity contribution < 1.29 is 14.0 Å². The highest BCUT2D eigenvalue weighted by Crippen LogP contribution is 2.10. The van der Waals surface area contributed by atoms with Crippen LogP contribution >= 0.6 is 0 Å². The maximum atomic E-state index is 13.4. The van der Waals surface area contributed by atoms with E-state index in [1.807, 2.05) is 26.0 Å². The highest BCUT2D eigenvalue weighted by atomic mass is 19.1. The molecule has 0 fully saturated rings. The Morgan fingerprint density at radius 2 is 1.29 bits per heavy atom. The van der Waals surface area contributed by atoms with Gasteiger partial charge in [-0.3, -0.25) is 9.59 Å². The average molecular weight is 328 g/mol. The lowest BCUT2D eigenvalue weighted by atomic mass is 10.1. The van der Waals surface area contributed by atoms with Gasteiger partial charge in [0.05, 0.1) is 0 Å². The van der Waals surface area contributed by atoms with E-state index in [4.69, 9.17) is 0 Å². The van der Waals surface area contributed by atoms with E-state index in [-0.39, 0.29) is 23.9 Å². The van der Waals surface area contributed by atoms with Crippen LogP contribution in [0, 0.1) is 26.6 Å². The quantitative estimate of drug-likeness (QED) is 0.829. The molecular weight excluding hydrogens is 307 g/mol. The smallest absolute Gasteiger partial charge is 0.251 e. The molecule has 0 radical (unpaired) electrons. The molecule has 0 atom stereocenters. The lowest BCUT2D eigenvalue weighted by Crippen LogP contribution is -2.34. The molecular formula is C19H21FN2O2. The summed E-state index contributed by atoms with van der Waals surface area (Å²) in [5, 5.41) is 5.40. The average Bonchev–Trinajstić information content (AvgIpc) is 2.56. The van der Waals surface area contributed by atoms with E-state index in [0.29, 0.717) is 17.7 Å². The Morgan fingerprint density at radius 3 is 1.79 bits per heavy atom. The van der Waals surface area contributed by atoms with Crippen molar-refractivity contribution in [1.29, 1.82) is 0 Å². The van der Waals surface area contributed by atoms with Crippen molar-refractivity contribution in [3.05, 3.63) is 70.0 Å². The Hall–Kier alpha value is -2.69. The van der Waals surface area contributed by atoms with E-state index in [2.05, 4.69) is 10.6 Å². The highest BCUT2D eigenvalue weighted by Gasteiger charge is 2.09. The van der Waals surface area contributed by atoms with Crippen molar-refractivity contribution in [2.24, 2.45) is 0 Å². The van der Waals surface area contributed by atoms with Crippen LogP contribution < -0.4 is 10.6 Å². The number of halogens is 1. The zero-order chi connectivity index (χ0) is 17.7. The zero-order valence-corrected chi connectivity index (χ0v) is 14.1. The van der Waals surface area contributed by atoms with E-state index in [1.54, 1.807) is 25.1 Å². The van der Waals surface area contributed by atoms with Crippen LogP contribution in [-0.2, 0) is 0 Å². The number of rotatable bonds is 5. The summed E-state index contributed by atoms with van der Waals surface area (Å²) in [6.07, 6.45) is 0. The molecule has 4 nitrogen and oxygen atoms in total. The second-order valence-electron chi connectivity index (χ2n) is 5.77. The molecule has 0 heterocycles. The van der Waals surface area contributed by atoms with E-state index in [0.717, 1.165) is 11.1 Å². The van der Waals surface area contributed by atoms with Crippen molar-refractivity contribution in [2.45, 2.75) is 20.8 Å². The van der Waals surface area contributed by atoms with Crippen LogP contribution in [0.2, 0.25) is 0 Å². The van der Waals surface area contributed by atoms with Crippen molar-refractivity contribution in [2.75, 3.05) is 13.1 Å². The van der Waals surface area contributed by atoms with E-state index >= 15 is 0 Å². The Morgan fingerprint density at radius 1 is 0.792 bits per heavy atom. The number of hydrogen-bond acceptors (Lipinski definition) is 2. The molecule has 5 heteroatoms. The van der Waals surface area contributed by atoms with Gasteiger partial charge in [-0.15, -0.1) is 0 Å². The fraction of sp³-hybridized carbons (Fsp3) is 0.263. The fourth-order valence-electron chi connectivity index (χ4n) is 2.17. The number of carbonyl (C=O) groups is 2. The molecule has 126 valence electrons. The Bertz CT molecular complexity index is 706. The monoisotopic (exact) mass is 328 g/mol. The maximum Gasteiger partial charge on any atom is 0.251 e. The van der Waals surface area contributed by atoms with Gasteiger partial charge in [-0.25, -0.2) is 4.39 Å². The molecule has 0 spiro atoms. The molecule has 0 aliphatic rings. The Kier molecular flexibility index (Phi) is 5.68. The van der Waals surface area contributed by atoms with Crippen molar-refractivity contribution in [3.8, 4) is 0 Å². The second-order valence-corrected chi connectivity index (χ2v) is 5.77. The first-order chi connectivity index (χ1) is 11.4. The summed E-state index contributed by atoms with van der Waals surface area (Å²) in [6.45, 7) is 6.14. The van der Waals surface area contributed by atoms with Crippen LogP contribution in [0.5, 0.6) is 0 Å². The lowest BCUT2D eigenvalue weighted by molar-refractivity contribution is 0.0927. The molecule has 2 amide bonds. The second kappa shape index (κ2) is 7.73. The van der Waals surface area contributed by atoms with Crippen LogP contribution in [0.3, 0.4) is 0 Å². The minimum absolute atomic E-state index is 0.186. The summed E-state index contributed by atoms with van der Waals surface area (Å²) < 4.78 is 13.4. The first-order valence-electron chi connectivity index (χ1n) is 7.78. The molecule has 0 aliphatic heterocycles. The third-order valence-corrected chi connectivity index (χ3v) is 3.90. The SMILES string of the molecule is Cc1ccc(C(=O)NCCNC(=O)c2ccc(C)c(F)c2)cc1C. The lowest BCUT2D eigenvalue weighted by Gasteiger charge is -2.09. The first-order valence-corrected chi connectivity index (χ1v) is 7.78. The number of aryl methyl sites for hydroxylation is 3. The summed E-state index contributed by atoms with van der Waals surface area (Å²) in [7, 11) is 0. The van der Waals surface area contributed by atoms with Gasteiger partial charge in [0.15, 0.2) is 0 Å². The minimum Gasteiger partial charge on any atom is -0.350 e. The highest BCUT2D eigenvalue weighted by molar-refractivity contribution is 5.95. The topological polar surface area (TPSA) is 58.2 Å². The number of hydrogen-bond donors (Lipinski definition) is 2. The van der Waals surface area contributed by atoms with E-state index in [9.17, 15) is 14.0 Å². The van der Waals surface area contributed by atoms with Crippen LogP contribution in [0.15, 0.2) is 36.4 Å². The van der Waals surface area contributed by atoms with Crippen LogP contribution in [0.4, 0.5) is 4.39 Å². The molecule has 2 aromatic carbocycles. The molecule has 24 heavy (non-hydrogen) atoms. The summed E-state index contributed by atoms with van der Waals surface area (Å²) in [5.74, 6) is -0.964. The van der Waals surface area contributed by atoms with Crippen molar-refractivity contribution in [1.82, 2.24) is 10.6 Å². The molecule has 2 aromatic rings. The van der Waals surface area contributed by atoms with Gasteiger partial charge in [0.2, 0.25) is 0 Å². The zero-order valence-electron chi connectivity index (χ0n) is 14.1. The molecule has 2 N–H and O–H groups in total. The van der Waals surface area contributed by atoms with Gasteiger partial charge in [-0.1, -0.05) is 12.1 Å². The summed E-state index contributed by atoms with van der Waals surface area (Å²) in [6, 6.07) is 9.84. The van der Waals surface area contributed by atoms with Crippen LogP contribution in [0.25, 0.3) is 0 Å². The van der Waals surface area contributed by atoms with Crippen molar-refractivity contribution >= 4 is 11.8 Å². The molecule has 0 aliphatic carbocycles. The van der Waals surface area contributed by atoms with E-state index < -0.39 is 5.82 Å². The molecule has 2 rings (SSSR count). The van der Waals surface area contributed by atoms with Gasteiger partial charge < -0.3 is 10.6 Å². The maximum absolute atomic E-state index is 13.4. The third kappa shape index (κ3) is 4.41. The van der Waals surface area contributed by atoms with E-state index in [1.165, 1.54) is 6.07 Å². The van der Waals surface area contributed by atoms with Gasteiger partial charge >= 0.3 is 0 Å². The predicted molar refractivity (Wildman–Crippen MR) is 91.7 cm³/mol. The molecule has 0 saturated carbocycles.